The van der Waals surface area contributed by atoms with Crippen LogP contribution in [0.3, 0.4) is 0 Å². The number of nitrogens with one attached hydrogen (secondary N) is 2. The summed E-state index contributed by atoms with van der Waals surface area (Å²) in [5, 5.41) is 6.25. The maximum absolute atomic E-state index is 12.3. The van der Waals surface area contributed by atoms with Gasteiger partial charge in [-0.2, -0.15) is 0 Å². The van der Waals surface area contributed by atoms with Gasteiger partial charge in [-0.25, -0.2) is 0 Å². The predicted molar refractivity (Wildman–Crippen MR) is 80.1 cm³/mol. The first kappa shape index (κ1) is 14.8. The van der Waals surface area contributed by atoms with Gasteiger partial charge in [-0.3, -0.25) is 9.69 Å². The van der Waals surface area contributed by atoms with Gasteiger partial charge in [0.1, 0.15) is 5.75 Å². The van der Waals surface area contributed by atoms with Crippen LogP contribution in [0.5, 0.6) is 5.75 Å². The van der Waals surface area contributed by atoms with Crippen LogP contribution in [0.2, 0.25) is 0 Å². The third kappa shape index (κ3) is 3.95. The van der Waals surface area contributed by atoms with Gasteiger partial charge in [0.15, 0.2) is 0 Å². The van der Waals surface area contributed by atoms with E-state index in [4.69, 9.17) is 4.74 Å². The summed E-state index contributed by atoms with van der Waals surface area (Å²) in [4.78, 5) is 14.5. The van der Waals surface area contributed by atoms with Crippen molar-refractivity contribution in [3.63, 3.8) is 0 Å². The fraction of sp³-hybridized carbons (Fsp3) is 0.533. The molecular formula is C15H23N3O2. The third-order valence-electron chi connectivity index (χ3n) is 3.49. The van der Waals surface area contributed by atoms with E-state index < -0.39 is 0 Å². The molecule has 1 aliphatic heterocycles. The first-order valence-electron chi connectivity index (χ1n) is 7.19. The van der Waals surface area contributed by atoms with Crippen LogP contribution in [0, 0.1) is 0 Å². The minimum absolute atomic E-state index is 0.0283. The Morgan fingerprint density at radius 2 is 2.20 bits per heavy atom. The van der Waals surface area contributed by atoms with Gasteiger partial charge >= 0.3 is 0 Å². The van der Waals surface area contributed by atoms with Crippen molar-refractivity contribution in [2.75, 3.05) is 38.1 Å². The Labute approximate surface area is 120 Å². The number of carbonyl (C=O) groups excluding carboxylic acids is 1. The highest BCUT2D eigenvalue weighted by Gasteiger charge is 2.22. The number of ether oxygens (including phenoxy) is 1. The van der Waals surface area contributed by atoms with Gasteiger partial charge in [0.25, 0.3) is 0 Å². The number of hydrogen-bond acceptors (Lipinski definition) is 4. The third-order valence-corrected chi connectivity index (χ3v) is 3.49. The summed E-state index contributed by atoms with van der Waals surface area (Å²) < 4.78 is 5.43. The van der Waals surface area contributed by atoms with Crippen LogP contribution in [0.1, 0.15) is 13.8 Å². The molecule has 0 radical (unpaired) electrons. The summed E-state index contributed by atoms with van der Waals surface area (Å²) >= 11 is 0. The number of benzene rings is 1. The summed E-state index contributed by atoms with van der Waals surface area (Å²) in [6.07, 6.45) is 0. The number of carbonyl (C=O) groups is 1. The molecule has 1 heterocycles. The number of rotatable bonds is 5. The molecular weight excluding hydrogens is 254 g/mol. The van der Waals surface area contributed by atoms with Crippen molar-refractivity contribution < 1.29 is 9.53 Å². The SMILES string of the molecule is CCOc1cccc(NC(=O)C(C)N2CCNCC2)c1. The van der Waals surface area contributed by atoms with Gasteiger partial charge in [0, 0.05) is 37.9 Å². The molecule has 110 valence electrons. The lowest BCUT2D eigenvalue weighted by Gasteiger charge is -2.31. The molecule has 1 saturated heterocycles. The molecule has 0 bridgehead atoms. The molecule has 1 aliphatic rings. The summed E-state index contributed by atoms with van der Waals surface area (Å²) in [6, 6.07) is 7.39. The standard InChI is InChI=1S/C15H23N3O2/c1-3-20-14-6-4-5-13(11-14)17-15(19)12(2)18-9-7-16-8-10-18/h4-6,11-12,16H,3,7-10H2,1-2H3,(H,17,19). The van der Waals surface area contributed by atoms with Crippen LogP contribution < -0.4 is 15.4 Å². The Hall–Kier alpha value is -1.59. The number of hydrogen-bond donors (Lipinski definition) is 2. The van der Waals surface area contributed by atoms with Gasteiger partial charge < -0.3 is 15.4 Å². The highest BCUT2D eigenvalue weighted by molar-refractivity contribution is 5.94. The van der Waals surface area contributed by atoms with E-state index in [1.807, 2.05) is 38.1 Å². The molecule has 0 aliphatic carbocycles. The fourth-order valence-corrected chi connectivity index (χ4v) is 2.31. The lowest BCUT2D eigenvalue weighted by atomic mass is 10.2. The molecule has 1 amide bonds. The zero-order chi connectivity index (χ0) is 14.4. The maximum Gasteiger partial charge on any atom is 0.241 e. The molecule has 5 heteroatoms. The van der Waals surface area contributed by atoms with Crippen LogP contribution >= 0.6 is 0 Å². The Morgan fingerprint density at radius 3 is 2.90 bits per heavy atom. The monoisotopic (exact) mass is 277 g/mol. The highest BCUT2D eigenvalue weighted by atomic mass is 16.5. The molecule has 0 saturated carbocycles. The Kier molecular flexibility index (Phi) is 5.38. The minimum Gasteiger partial charge on any atom is -0.494 e. The van der Waals surface area contributed by atoms with Crippen LogP contribution in [-0.4, -0.2) is 49.6 Å². The van der Waals surface area contributed by atoms with E-state index in [1.54, 1.807) is 0 Å². The second kappa shape index (κ2) is 7.26. The van der Waals surface area contributed by atoms with Gasteiger partial charge in [-0.15, -0.1) is 0 Å². The van der Waals surface area contributed by atoms with E-state index in [1.165, 1.54) is 0 Å². The van der Waals surface area contributed by atoms with E-state index in [0.29, 0.717) is 6.61 Å². The van der Waals surface area contributed by atoms with Crippen molar-refractivity contribution in [2.24, 2.45) is 0 Å². The Morgan fingerprint density at radius 1 is 1.45 bits per heavy atom. The number of nitrogens with zero attached hydrogens (tertiary/aromatic N) is 1. The van der Waals surface area contributed by atoms with Crippen LogP contribution in [-0.2, 0) is 4.79 Å². The van der Waals surface area contributed by atoms with Gasteiger partial charge in [-0.05, 0) is 26.0 Å². The number of amides is 1. The van der Waals surface area contributed by atoms with E-state index in [-0.39, 0.29) is 11.9 Å². The lowest BCUT2D eigenvalue weighted by Crippen LogP contribution is -2.51. The molecule has 1 aromatic carbocycles. The average molecular weight is 277 g/mol. The second-order valence-corrected chi connectivity index (χ2v) is 4.91. The molecule has 0 aromatic heterocycles. The topological polar surface area (TPSA) is 53.6 Å². The molecule has 2 rings (SSSR count). The minimum atomic E-state index is -0.118. The van der Waals surface area contributed by atoms with E-state index in [9.17, 15) is 4.79 Å². The summed E-state index contributed by atoms with van der Waals surface area (Å²) in [5.74, 6) is 0.806. The summed E-state index contributed by atoms with van der Waals surface area (Å²) in [7, 11) is 0. The molecule has 1 unspecified atom stereocenters. The van der Waals surface area contributed by atoms with Crippen molar-refractivity contribution in [1.82, 2.24) is 10.2 Å². The molecule has 5 nitrogen and oxygen atoms in total. The first-order chi connectivity index (χ1) is 9.70. The van der Waals surface area contributed by atoms with Crippen LogP contribution in [0.4, 0.5) is 5.69 Å². The molecule has 1 atom stereocenters. The Bertz CT molecular complexity index is 444. The number of piperazine rings is 1. The highest BCUT2D eigenvalue weighted by Crippen LogP contribution is 2.18. The molecule has 1 fully saturated rings. The van der Waals surface area contributed by atoms with E-state index >= 15 is 0 Å². The van der Waals surface area contributed by atoms with Crippen molar-refractivity contribution in [1.29, 1.82) is 0 Å². The van der Waals surface area contributed by atoms with Crippen molar-refractivity contribution >= 4 is 11.6 Å². The predicted octanol–water partition coefficient (Wildman–Crippen LogP) is 1.32. The quantitative estimate of drug-likeness (QED) is 0.852. The van der Waals surface area contributed by atoms with Crippen molar-refractivity contribution in [3.05, 3.63) is 24.3 Å². The molecule has 20 heavy (non-hydrogen) atoms. The van der Waals surface area contributed by atoms with Crippen LogP contribution in [0.15, 0.2) is 24.3 Å². The normalized spacial score (nSPS) is 17.5. The van der Waals surface area contributed by atoms with E-state index in [2.05, 4.69) is 15.5 Å². The first-order valence-corrected chi connectivity index (χ1v) is 7.19. The second-order valence-electron chi connectivity index (χ2n) is 4.91. The lowest BCUT2D eigenvalue weighted by molar-refractivity contribution is -0.120. The van der Waals surface area contributed by atoms with Gasteiger partial charge in [-0.1, -0.05) is 6.07 Å². The zero-order valence-electron chi connectivity index (χ0n) is 12.2. The zero-order valence-corrected chi connectivity index (χ0v) is 12.2. The molecule has 1 aromatic rings. The molecule has 2 N–H and O–H groups in total. The van der Waals surface area contributed by atoms with Crippen molar-refractivity contribution in [3.8, 4) is 5.75 Å². The van der Waals surface area contributed by atoms with Gasteiger partial charge in [0.05, 0.1) is 12.6 Å². The van der Waals surface area contributed by atoms with Crippen molar-refractivity contribution in [2.45, 2.75) is 19.9 Å². The maximum atomic E-state index is 12.3. The Balaban J connectivity index is 1.94. The fourth-order valence-electron chi connectivity index (χ4n) is 2.31. The summed E-state index contributed by atoms with van der Waals surface area (Å²) in [5.41, 5.74) is 0.780. The smallest absolute Gasteiger partial charge is 0.241 e. The largest absolute Gasteiger partial charge is 0.494 e. The summed E-state index contributed by atoms with van der Waals surface area (Å²) in [6.45, 7) is 8.22. The van der Waals surface area contributed by atoms with Gasteiger partial charge in [0.2, 0.25) is 5.91 Å². The number of anilines is 1. The molecule has 0 spiro atoms. The van der Waals surface area contributed by atoms with Crippen LogP contribution in [0.25, 0.3) is 0 Å². The average Bonchev–Trinajstić information content (AvgIpc) is 2.48. The van der Waals surface area contributed by atoms with E-state index in [0.717, 1.165) is 37.6 Å².